The van der Waals surface area contributed by atoms with Gasteiger partial charge in [-0.3, -0.25) is 9.52 Å². The van der Waals surface area contributed by atoms with Crippen molar-refractivity contribution >= 4 is 38.1 Å². The molecule has 2 N–H and O–H groups in total. The maximum Gasteiger partial charge on any atom is 0.265 e. The van der Waals surface area contributed by atoms with Crippen molar-refractivity contribution < 1.29 is 17.9 Å². The van der Waals surface area contributed by atoms with Crippen molar-refractivity contribution in [3.8, 4) is 5.75 Å². The number of amides is 1. The number of aryl methyl sites for hydroxylation is 1. The van der Waals surface area contributed by atoms with E-state index < -0.39 is 16.1 Å². The molecule has 2 heterocycles. The molecule has 1 unspecified atom stereocenters. The van der Waals surface area contributed by atoms with Crippen LogP contribution in [0, 0.1) is 6.92 Å². The van der Waals surface area contributed by atoms with E-state index in [2.05, 4.69) is 15.0 Å². The van der Waals surface area contributed by atoms with Crippen LogP contribution in [-0.4, -0.2) is 25.4 Å². The zero-order valence-electron chi connectivity index (χ0n) is 11.8. The first-order chi connectivity index (χ1) is 10.4. The van der Waals surface area contributed by atoms with Crippen molar-refractivity contribution in [2.45, 2.75) is 24.8 Å². The van der Waals surface area contributed by atoms with Gasteiger partial charge in [-0.25, -0.2) is 13.4 Å². The normalized spacial score (nSPS) is 17.4. The van der Waals surface area contributed by atoms with E-state index in [0.717, 1.165) is 0 Å². The molecule has 1 aromatic carbocycles. The van der Waals surface area contributed by atoms with Gasteiger partial charge in [0.2, 0.25) is 0 Å². The highest BCUT2D eigenvalue weighted by Crippen LogP contribution is 2.34. The molecule has 3 rings (SSSR count). The van der Waals surface area contributed by atoms with Crippen LogP contribution < -0.4 is 14.8 Å². The Morgan fingerprint density at radius 3 is 2.86 bits per heavy atom. The van der Waals surface area contributed by atoms with E-state index in [-0.39, 0.29) is 10.8 Å². The molecule has 0 bridgehead atoms. The predicted octanol–water partition coefficient (Wildman–Crippen LogP) is 1.97. The summed E-state index contributed by atoms with van der Waals surface area (Å²) in [5.41, 5.74) is 0.968. The largest absolute Gasteiger partial charge is 0.479 e. The lowest BCUT2D eigenvalue weighted by molar-refractivity contribution is -0.122. The Morgan fingerprint density at radius 2 is 2.18 bits per heavy atom. The van der Waals surface area contributed by atoms with Gasteiger partial charge in [-0.05, 0) is 25.5 Å². The summed E-state index contributed by atoms with van der Waals surface area (Å²) in [6.07, 6.45) is 0.848. The van der Waals surface area contributed by atoms with Gasteiger partial charge in [0.1, 0.15) is 5.75 Å². The smallest absolute Gasteiger partial charge is 0.265 e. The van der Waals surface area contributed by atoms with Crippen LogP contribution >= 0.6 is 11.3 Å². The van der Waals surface area contributed by atoms with Gasteiger partial charge in [-0.15, -0.1) is 11.3 Å². The molecule has 9 heteroatoms. The number of carbonyl (C=O) groups excluding carboxylic acids is 1. The van der Waals surface area contributed by atoms with Crippen molar-refractivity contribution in [2.24, 2.45) is 0 Å². The summed E-state index contributed by atoms with van der Waals surface area (Å²) >= 11 is 1.19. The lowest BCUT2D eigenvalue weighted by atomic mass is 10.1. The average Bonchev–Trinajstić information content (AvgIpc) is 2.92. The van der Waals surface area contributed by atoms with Gasteiger partial charge >= 0.3 is 0 Å². The topological polar surface area (TPSA) is 97.4 Å². The third-order valence-corrected chi connectivity index (χ3v) is 5.45. The van der Waals surface area contributed by atoms with Crippen molar-refractivity contribution in [1.29, 1.82) is 0 Å². The molecule has 2 aromatic rings. The second-order valence-electron chi connectivity index (χ2n) is 4.81. The Hall–Kier alpha value is -2.13. The Bertz CT molecular complexity index is 831. The highest BCUT2D eigenvalue weighted by molar-refractivity contribution is 7.93. The van der Waals surface area contributed by atoms with Crippen LogP contribution in [0.1, 0.15) is 12.5 Å². The highest BCUT2D eigenvalue weighted by Gasteiger charge is 2.27. The summed E-state index contributed by atoms with van der Waals surface area (Å²) in [5, 5.41) is 4.66. The van der Waals surface area contributed by atoms with Gasteiger partial charge < -0.3 is 10.1 Å². The van der Waals surface area contributed by atoms with E-state index in [4.69, 9.17) is 4.74 Å². The summed E-state index contributed by atoms with van der Waals surface area (Å²) < 4.78 is 32.8. The number of hydrogen-bond acceptors (Lipinski definition) is 6. The summed E-state index contributed by atoms with van der Waals surface area (Å²) in [4.78, 5) is 15.6. The number of nitrogens with zero attached hydrogens (tertiary/aromatic N) is 1. The van der Waals surface area contributed by atoms with Crippen LogP contribution in [-0.2, 0) is 14.8 Å². The second-order valence-corrected chi connectivity index (χ2v) is 7.35. The Balaban J connectivity index is 2.01. The summed E-state index contributed by atoms with van der Waals surface area (Å²) in [7, 11) is -3.77. The monoisotopic (exact) mass is 339 g/mol. The van der Waals surface area contributed by atoms with E-state index in [9.17, 15) is 13.2 Å². The lowest BCUT2D eigenvalue weighted by Crippen LogP contribution is -2.34. The predicted molar refractivity (Wildman–Crippen MR) is 82.8 cm³/mol. The van der Waals surface area contributed by atoms with E-state index in [1.54, 1.807) is 25.3 Å². The molecule has 0 aliphatic carbocycles. The molecule has 1 amide bonds. The molecule has 0 saturated carbocycles. The molecule has 1 atom stereocenters. The van der Waals surface area contributed by atoms with Crippen LogP contribution in [0.2, 0.25) is 0 Å². The van der Waals surface area contributed by atoms with Gasteiger partial charge in [-0.2, -0.15) is 0 Å². The summed E-state index contributed by atoms with van der Waals surface area (Å²) in [6.45, 7) is 3.25. The molecule has 0 radical (unpaired) electrons. The third-order valence-electron chi connectivity index (χ3n) is 3.15. The number of carbonyl (C=O) groups is 1. The standard InChI is InChI=1S/C13H13N3O4S2/c1-7-5-9-10(20-8(2)12(17)15-9)6-11(7)22(18,19)16-13-14-3-4-21-13/h3-6,8H,1-2H3,(H,14,16)(H,15,17). The lowest BCUT2D eigenvalue weighted by Gasteiger charge is -2.24. The van der Waals surface area contributed by atoms with E-state index >= 15 is 0 Å². The fraction of sp³-hybridized carbons (Fsp3) is 0.231. The van der Waals surface area contributed by atoms with Gasteiger partial charge in [-0.1, -0.05) is 0 Å². The fourth-order valence-corrected chi connectivity index (χ4v) is 4.11. The van der Waals surface area contributed by atoms with Gasteiger partial charge in [0.15, 0.2) is 11.2 Å². The minimum Gasteiger partial charge on any atom is -0.479 e. The maximum absolute atomic E-state index is 12.5. The van der Waals surface area contributed by atoms with Crippen LogP contribution in [0.3, 0.4) is 0 Å². The summed E-state index contributed by atoms with van der Waals surface area (Å²) in [6, 6.07) is 2.99. The van der Waals surface area contributed by atoms with E-state index in [1.807, 2.05) is 0 Å². The van der Waals surface area contributed by atoms with Gasteiger partial charge in [0.25, 0.3) is 15.9 Å². The van der Waals surface area contributed by atoms with Gasteiger partial charge in [0, 0.05) is 17.6 Å². The number of fused-ring (bicyclic) bond motifs is 1. The van der Waals surface area contributed by atoms with E-state index in [1.165, 1.54) is 23.6 Å². The average molecular weight is 339 g/mol. The zero-order chi connectivity index (χ0) is 15.9. The fourth-order valence-electron chi connectivity index (χ4n) is 2.08. The molecule has 7 nitrogen and oxygen atoms in total. The number of hydrogen-bond donors (Lipinski definition) is 2. The first-order valence-electron chi connectivity index (χ1n) is 6.41. The van der Waals surface area contributed by atoms with Gasteiger partial charge in [0.05, 0.1) is 10.6 Å². The van der Waals surface area contributed by atoms with Crippen LogP contribution in [0.25, 0.3) is 0 Å². The minimum atomic E-state index is -3.77. The number of anilines is 2. The molecule has 1 aromatic heterocycles. The molecular formula is C13H13N3O4S2. The van der Waals surface area contributed by atoms with Crippen molar-refractivity contribution in [3.05, 3.63) is 29.3 Å². The number of benzene rings is 1. The molecule has 1 aliphatic heterocycles. The molecule has 22 heavy (non-hydrogen) atoms. The maximum atomic E-state index is 12.5. The van der Waals surface area contributed by atoms with E-state index in [0.29, 0.717) is 22.1 Å². The first-order valence-corrected chi connectivity index (χ1v) is 8.77. The molecular weight excluding hydrogens is 326 g/mol. The number of sulfonamides is 1. The first kappa shape index (κ1) is 14.8. The SMILES string of the molecule is Cc1cc2c(cc1S(=O)(=O)Nc1nccs1)OC(C)C(=O)N2. The Labute approximate surface area is 131 Å². The van der Waals surface area contributed by atoms with Crippen LogP contribution in [0.4, 0.5) is 10.8 Å². The number of thiazole rings is 1. The van der Waals surface area contributed by atoms with Crippen molar-refractivity contribution in [2.75, 3.05) is 10.0 Å². The quantitative estimate of drug-likeness (QED) is 0.891. The van der Waals surface area contributed by atoms with Crippen molar-refractivity contribution in [3.63, 3.8) is 0 Å². The number of aromatic nitrogens is 1. The molecule has 0 saturated heterocycles. The van der Waals surface area contributed by atoms with Crippen LogP contribution in [0.15, 0.2) is 28.6 Å². The second kappa shape index (κ2) is 5.25. The minimum absolute atomic E-state index is 0.0878. The molecule has 0 fully saturated rings. The molecule has 0 spiro atoms. The zero-order valence-corrected chi connectivity index (χ0v) is 13.4. The third kappa shape index (κ3) is 2.64. The molecule has 1 aliphatic rings. The summed E-state index contributed by atoms with van der Waals surface area (Å²) in [5.74, 6) is 0.0700. The Morgan fingerprint density at radius 1 is 1.41 bits per heavy atom. The Kier molecular flexibility index (Phi) is 3.53. The highest BCUT2D eigenvalue weighted by atomic mass is 32.2. The van der Waals surface area contributed by atoms with Crippen molar-refractivity contribution in [1.82, 2.24) is 4.98 Å². The number of rotatable bonds is 3. The van der Waals surface area contributed by atoms with Crippen LogP contribution in [0.5, 0.6) is 5.75 Å². The molecule has 116 valence electrons. The number of nitrogens with one attached hydrogen (secondary N) is 2. The number of ether oxygens (including phenoxy) is 1.